The molecule has 1 saturated carbocycles. The fraction of sp³-hybridized carbons (Fsp3) is 0.900. The van der Waals surface area contributed by atoms with Crippen LogP contribution in [-0.2, 0) is 9.53 Å². The van der Waals surface area contributed by atoms with Gasteiger partial charge in [0.1, 0.15) is 5.60 Å². The Hall–Kier alpha value is -1.26. The summed E-state index contributed by atoms with van der Waals surface area (Å²) in [5, 5.41) is 3.14. The Balaban J connectivity index is 1.63. The molecule has 0 aromatic carbocycles. The van der Waals surface area contributed by atoms with E-state index in [4.69, 9.17) is 4.74 Å². The molecule has 1 heterocycles. The lowest BCUT2D eigenvalue weighted by atomic mass is 9.94. The number of nitrogens with zero attached hydrogens (tertiary/aromatic N) is 1. The Bertz CT molecular complexity index is 478. The topological polar surface area (TPSA) is 58.6 Å². The number of carbonyl (C=O) groups excluding carboxylic acids is 2. The molecule has 1 N–H and O–H groups in total. The Morgan fingerprint density at radius 1 is 1.28 bits per heavy atom. The van der Waals surface area contributed by atoms with Crippen molar-refractivity contribution >= 4 is 12.0 Å². The Morgan fingerprint density at radius 2 is 1.96 bits per heavy atom. The maximum Gasteiger partial charge on any atom is 0.410 e. The molecule has 5 nitrogen and oxygen atoms in total. The number of hydrogen-bond acceptors (Lipinski definition) is 3. The molecule has 1 aliphatic carbocycles. The van der Waals surface area contributed by atoms with E-state index < -0.39 is 5.60 Å². The lowest BCUT2D eigenvalue weighted by Gasteiger charge is -2.24. The maximum atomic E-state index is 12.1. The van der Waals surface area contributed by atoms with E-state index in [2.05, 4.69) is 19.2 Å². The molecular weight excluding hydrogens is 316 g/mol. The molecule has 2 fully saturated rings. The molecule has 144 valence electrons. The highest BCUT2D eigenvalue weighted by Crippen LogP contribution is 2.50. The summed E-state index contributed by atoms with van der Waals surface area (Å²) < 4.78 is 5.42. The maximum absolute atomic E-state index is 12.1. The molecule has 0 aromatic rings. The van der Waals surface area contributed by atoms with Crippen molar-refractivity contribution in [3.8, 4) is 0 Å². The zero-order chi connectivity index (χ0) is 18.7. The van der Waals surface area contributed by atoms with Crippen molar-refractivity contribution in [2.45, 2.75) is 78.7 Å². The van der Waals surface area contributed by atoms with E-state index in [1.54, 1.807) is 4.90 Å². The van der Waals surface area contributed by atoms with Crippen LogP contribution in [0.4, 0.5) is 4.79 Å². The van der Waals surface area contributed by atoms with Crippen LogP contribution >= 0.6 is 0 Å². The second-order valence-corrected chi connectivity index (χ2v) is 9.49. The van der Waals surface area contributed by atoms with Crippen LogP contribution in [0, 0.1) is 17.3 Å². The van der Waals surface area contributed by atoms with Crippen LogP contribution < -0.4 is 5.32 Å². The van der Waals surface area contributed by atoms with Crippen LogP contribution in [-0.4, -0.2) is 42.1 Å². The van der Waals surface area contributed by atoms with Gasteiger partial charge >= 0.3 is 6.09 Å². The minimum Gasteiger partial charge on any atom is -0.444 e. The van der Waals surface area contributed by atoms with Crippen molar-refractivity contribution in [2.75, 3.05) is 19.6 Å². The van der Waals surface area contributed by atoms with E-state index in [-0.39, 0.29) is 12.0 Å². The third kappa shape index (κ3) is 6.87. The van der Waals surface area contributed by atoms with Crippen molar-refractivity contribution < 1.29 is 14.3 Å². The molecule has 1 saturated heterocycles. The summed E-state index contributed by atoms with van der Waals surface area (Å²) in [7, 11) is 0. The third-order valence-corrected chi connectivity index (χ3v) is 5.18. The molecule has 2 aliphatic rings. The first-order chi connectivity index (χ1) is 11.6. The minimum atomic E-state index is -0.455. The largest absolute Gasteiger partial charge is 0.444 e. The number of nitrogens with one attached hydrogen (secondary N) is 1. The van der Waals surface area contributed by atoms with Gasteiger partial charge in [0, 0.05) is 26.1 Å². The normalized spacial score (nSPS) is 22.2. The van der Waals surface area contributed by atoms with E-state index in [1.807, 2.05) is 20.8 Å². The second kappa shape index (κ2) is 7.96. The Labute approximate surface area is 152 Å². The number of carbonyl (C=O) groups is 2. The summed E-state index contributed by atoms with van der Waals surface area (Å²) in [6, 6.07) is 0. The van der Waals surface area contributed by atoms with E-state index >= 15 is 0 Å². The molecule has 2 rings (SSSR count). The molecule has 0 unspecified atom stereocenters. The van der Waals surface area contributed by atoms with Gasteiger partial charge in [-0.25, -0.2) is 4.79 Å². The summed E-state index contributed by atoms with van der Waals surface area (Å²) in [6.45, 7) is 12.4. The molecule has 5 heteroatoms. The fourth-order valence-electron chi connectivity index (χ4n) is 3.77. The van der Waals surface area contributed by atoms with E-state index in [0.29, 0.717) is 30.2 Å². The molecule has 25 heavy (non-hydrogen) atoms. The average Bonchev–Trinajstić information content (AvgIpc) is 3.06. The van der Waals surface area contributed by atoms with Crippen molar-refractivity contribution in [3.05, 3.63) is 0 Å². The average molecular weight is 353 g/mol. The van der Waals surface area contributed by atoms with Crippen LogP contribution in [0.1, 0.15) is 73.1 Å². The number of amides is 2. The van der Waals surface area contributed by atoms with Gasteiger partial charge in [0.2, 0.25) is 5.91 Å². The van der Waals surface area contributed by atoms with Gasteiger partial charge in [0.25, 0.3) is 0 Å². The molecular formula is C20H36N2O3. The fourth-order valence-corrected chi connectivity index (χ4v) is 3.77. The standard InChI is InChI=1S/C20H36N2O3/c1-15(2)12-20(9-10-20)14-21-17(23)7-6-16-8-11-22(13-16)18(24)25-19(3,4)5/h15-16H,6-14H2,1-5H3,(H,21,23)/t16-/m0/s1. The molecule has 0 spiro atoms. The molecule has 0 aromatic heterocycles. The van der Waals surface area contributed by atoms with Gasteiger partial charge in [0.15, 0.2) is 0 Å². The van der Waals surface area contributed by atoms with Crippen LogP contribution in [0.5, 0.6) is 0 Å². The predicted octanol–water partition coefficient (Wildman–Crippen LogP) is 3.97. The number of likely N-dealkylation sites (tertiary alicyclic amines) is 1. The van der Waals surface area contributed by atoms with E-state index in [0.717, 1.165) is 25.9 Å². The highest BCUT2D eigenvalue weighted by molar-refractivity contribution is 5.76. The molecule has 2 amide bonds. The van der Waals surface area contributed by atoms with Gasteiger partial charge in [0.05, 0.1) is 0 Å². The first-order valence-electron chi connectivity index (χ1n) is 9.83. The molecule has 0 radical (unpaired) electrons. The van der Waals surface area contributed by atoms with Crippen molar-refractivity contribution in [1.82, 2.24) is 10.2 Å². The molecule has 0 bridgehead atoms. The van der Waals surface area contributed by atoms with Gasteiger partial charge in [-0.05, 0) is 70.1 Å². The monoisotopic (exact) mass is 352 g/mol. The van der Waals surface area contributed by atoms with Crippen molar-refractivity contribution in [3.63, 3.8) is 0 Å². The van der Waals surface area contributed by atoms with Gasteiger partial charge in [-0.3, -0.25) is 4.79 Å². The number of hydrogen-bond donors (Lipinski definition) is 1. The van der Waals surface area contributed by atoms with Crippen molar-refractivity contribution in [2.24, 2.45) is 17.3 Å². The molecule has 1 atom stereocenters. The van der Waals surface area contributed by atoms with Gasteiger partial charge in [-0.15, -0.1) is 0 Å². The lowest BCUT2D eigenvalue weighted by molar-refractivity contribution is -0.121. The van der Waals surface area contributed by atoms with Crippen molar-refractivity contribution in [1.29, 1.82) is 0 Å². The van der Waals surface area contributed by atoms with Gasteiger partial charge < -0.3 is 15.0 Å². The first-order valence-corrected chi connectivity index (χ1v) is 9.83. The minimum absolute atomic E-state index is 0.158. The highest BCUT2D eigenvalue weighted by Gasteiger charge is 2.42. The predicted molar refractivity (Wildman–Crippen MR) is 99.3 cm³/mol. The summed E-state index contributed by atoms with van der Waals surface area (Å²) in [4.78, 5) is 26.0. The smallest absolute Gasteiger partial charge is 0.410 e. The SMILES string of the molecule is CC(C)CC1(CNC(=O)CC[C@H]2CCN(C(=O)OC(C)(C)C)C2)CC1. The highest BCUT2D eigenvalue weighted by atomic mass is 16.6. The van der Waals surface area contributed by atoms with Crippen LogP contribution in [0.2, 0.25) is 0 Å². The van der Waals surface area contributed by atoms with Crippen LogP contribution in [0.25, 0.3) is 0 Å². The zero-order valence-electron chi connectivity index (χ0n) is 16.7. The molecule has 1 aliphatic heterocycles. The van der Waals surface area contributed by atoms with Crippen LogP contribution in [0.15, 0.2) is 0 Å². The number of ether oxygens (including phenoxy) is 1. The Kier molecular flexibility index (Phi) is 6.39. The van der Waals surface area contributed by atoms with E-state index in [1.165, 1.54) is 19.3 Å². The summed E-state index contributed by atoms with van der Waals surface area (Å²) in [5.74, 6) is 1.26. The summed E-state index contributed by atoms with van der Waals surface area (Å²) in [6.07, 6.45) is 5.85. The first kappa shape index (κ1) is 20.1. The van der Waals surface area contributed by atoms with Crippen LogP contribution in [0.3, 0.4) is 0 Å². The summed E-state index contributed by atoms with van der Waals surface area (Å²) >= 11 is 0. The van der Waals surface area contributed by atoms with Gasteiger partial charge in [-0.2, -0.15) is 0 Å². The lowest BCUT2D eigenvalue weighted by Crippen LogP contribution is -2.35. The Morgan fingerprint density at radius 3 is 2.52 bits per heavy atom. The third-order valence-electron chi connectivity index (χ3n) is 5.18. The van der Waals surface area contributed by atoms with E-state index in [9.17, 15) is 9.59 Å². The second-order valence-electron chi connectivity index (χ2n) is 9.49. The quantitative estimate of drug-likeness (QED) is 0.754. The summed E-state index contributed by atoms with van der Waals surface area (Å²) in [5.41, 5.74) is -0.0749. The zero-order valence-corrected chi connectivity index (χ0v) is 16.7. The number of rotatable bonds is 7. The van der Waals surface area contributed by atoms with Gasteiger partial charge in [-0.1, -0.05) is 13.8 Å².